The Morgan fingerprint density at radius 2 is 1.85 bits per heavy atom. The van der Waals surface area contributed by atoms with Crippen LogP contribution in [0.4, 0.5) is 0 Å². The Kier molecular flexibility index (Phi) is 6.80. The zero-order valence-electron chi connectivity index (χ0n) is 11.9. The molecule has 0 spiro atoms. The molecule has 7 heteroatoms. The molecule has 20 heavy (non-hydrogen) atoms. The molecular weight excluding hydrogens is 266 g/mol. The van der Waals surface area contributed by atoms with Gasteiger partial charge < -0.3 is 36.0 Å². The Morgan fingerprint density at radius 3 is 2.40 bits per heavy atom. The average Bonchev–Trinajstić information content (AvgIpc) is 2.41. The summed E-state index contributed by atoms with van der Waals surface area (Å²) in [5.74, 6) is -2.06. The smallest absolute Gasteiger partial charge is 0.196 e. The zero-order valence-corrected chi connectivity index (χ0v) is 11.9. The van der Waals surface area contributed by atoms with Gasteiger partial charge in [0.15, 0.2) is 5.79 Å². The number of hydrogen-bond acceptors (Lipinski definition) is 7. The van der Waals surface area contributed by atoms with Gasteiger partial charge in [0, 0.05) is 12.5 Å². The van der Waals surface area contributed by atoms with Gasteiger partial charge in [0.1, 0.15) is 24.4 Å². The van der Waals surface area contributed by atoms with Crippen molar-refractivity contribution in [3.05, 3.63) is 0 Å². The Labute approximate surface area is 119 Å². The van der Waals surface area contributed by atoms with Crippen molar-refractivity contribution in [1.29, 1.82) is 0 Å². The number of nitrogens with two attached hydrogens (primary N) is 1. The first-order valence-corrected chi connectivity index (χ1v) is 7.16. The molecule has 1 aliphatic heterocycles. The second kappa shape index (κ2) is 7.65. The summed E-state index contributed by atoms with van der Waals surface area (Å²) >= 11 is 0. The second-order valence-corrected chi connectivity index (χ2v) is 5.57. The highest BCUT2D eigenvalue weighted by Gasteiger charge is 2.52. The monoisotopic (exact) mass is 293 g/mol. The standard InChI is InChI=1S/C13H27NO6/c1-2-3-4-5-8(14)6-13(19)12(18)11(17)10(16)9(7-15)20-13/h8-12,15-19H,2-7,14H2,1H3/t8?,9-,10-,11+,12-,13+/m1/s1. The maximum Gasteiger partial charge on any atom is 0.196 e. The summed E-state index contributed by atoms with van der Waals surface area (Å²) in [5, 5.41) is 48.6. The highest BCUT2D eigenvalue weighted by atomic mass is 16.7. The number of hydrogen-bond donors (Lipinski definition) is 6. The van der Waals surface area contributed by atoms with Gasteiger partial charge in [0.05, 0.1) is 6.61 Å². The van der Waals surface area contributed by atoms with E-state index in [0.717, 1.165) is 19.3 Å². The Hall–Kier alpha value is -0.280. The van der Waals surface area contributed by atoms with Gasteiger partial charge in [-0.3, -0.25) is 0 Å². The molecule has 0 radical (unpaired) electrons. The van der Waals surface area contributed by atoms with Gasteiger partial charge in [-0.1, -0.05) is 26.2 Å². The molecule has 1 unspecified atom stereocenters. The molecule has 0 aromatic carbocycles. The summed E-state index contributed by atoms with van der Waals surface area (Å²) in [7, 11) is 0. The van der Waals surface area contributed by atoms with E-state index in [1.54, 1.807) is 0 Å². The lowest BCUT2D eigenvalue weighted by Gasteiger charge is -2.46. The predicted molar refractivity (Wildman–Crippen MR) is 71.7 cm³/mol. The first-order chi connectivity index (χ1) is 9.35. The molecule has 120 valence electrons. The minimum absolute atomic E-state index is 0.0713. The predicted octanol–water partition coefficient (Wildman–Crippen LogP) is -1.55. The van der Waals surface area contributed by atoms with Crippen LogP contribution in [0.5, 0.6) is 0 Å². The summed E-state index contributed by atoms with van der Waals surface area (Å²) in [6.07, 6.45) is -2.30. The van der Waals surface area contributed by atoms with E-state index in [1.165, 1.54) is 0 Å². The van der Waals surface area contributed by atoms with Crippen molar-refractivity contribution in [1.82, 2.24) is 0 Å². The molecule has 6 atom stereocenters. The van der Waals surface area contributed by atoms with Crippen LogP contribution in [0.2, 0.25) is 0 Å². The molecule has 1 rings (SSSR count). The van der Waals surface area contributed by atoms with Crippen LogP contribution in [0.25, 0.3) is 0 Å². The van der Waals surface area contributed by atoms with Crippen molar-refractivity contribution in [2.75, 3.05) is 6.61 Å². The van der Waals surface area contributed by atoms with E-state index in [2.05, 4.69) is 6.92 Å². The van der Waals surface area contributed by atoms with Gasteiger partial charge in [-0.05, 0) is 6.42 Å². The van der Waals surface area contributed by atoms with Crippen LogP contribution in [0.1, 0.15) is 39.0 Å². The first-order valence-electron chi connectivity index (χ1n) is 7.16. The second-order valence-electron chi connectivity index (χ2n) is 5.57. The van der Waals surface area contributed by atoms with Crippen LogP contribution in [0, 0.1) is 0 Å². The van der Waals surface area contributed by atoms with Crippen LogP contribution in [-0.4, -0.2) is 68.4 Å². The van der Waals surface area contributed by atoms with Gasteiger partial charge in [-0.15, -0.1) is 0 Å². The summed E-state index contributed by atoms with van der Waals surface area (Å²) in [5.41, 5.74) is 5.90. The van der Waals surface area contributed by atoms with Crippen LogP contribution in [0.3, 0.4) is 0 Å². The third-order valence-corrected chi connectivity index (χ3v) is 3.79. The molecule has 7 nitrogen and oxygen atoms in total. The molecular formula is C13H27NO6. The van der Waals surface area contributed by atoms with Crippen molar-refractivity contribution in [2.24, 2.45) is 5.73 Å². The molecule has 1 fully saturated rings. The fraction of sp³-hybridized carbons (Fsp3) is 1.00. The molecule has 1 saturated heterocycles. The molecule has 1 aliphatic rings. The fourth-order valence-electron chi connectivity index (χ4n) is 2.52. The van der Waals surface area contributed by atoms with Crippen LogP contribution >= 0.6 is 0 Å². The zero-order chi connectivity index (χ0) is 15.3. The lowest BCUT2D eigenvalue weighted by molar-refractivity contribution is -0.352. The third kappa shape index (κ3) is 4.11. The van der Waals surface area contributed by atoms with Gasteiger partial charge in [0.25, 0.3) is 0 Å². The number of ether oxygens (including phenoxy) is 1. The van der Waals surface area contributed by atoms with Gasteiger partial charge in [-0.25, -0.2) is 0 Å². The van der Waals surface area contributed by atoms with E-state index in [-0.39, 0.29) is 6.42 Å². The summed E-state index contributed by atoms with van der Waals surface area (Å²) in [4.78, 5) is 0. The van der Waals surface area contributed by atoms with Crippen LogP contribution < -0.4 is 5.73 Å². The third-order valence-electron chi connectivity index (χ3n) is 3.79. The quantitative estimate of drug-likeness (QED) is 0.313. The Morgan fingerprint density at radius 1 is 1.20 bits per heavy atom. The fourth-order valence-corrected chi connectivity index (χ4v) is 2.52. The minimum atomic E-state index is -2.06. The maximum atomic E-state index is 10.3. The SMILES string of the molecule is CCCCCC(N)C[C@]1(O)O[C@H](CO)[C@@H](O)[C@H](O)[C@H]1O. The molecule has 0 bridgehead atoms. The van der Waals surface area contributed by atoms with E-state index in [0.29, 0.717) is 6.42 Å². The lowest BCUT2D eigenvalue weighted by atomic mass is 9.88. The van der Waals surface area contributed by atoms with E-state index in [1.807, 2.05) is 0 Å². The normalized spacial score (nSPS) is 39.8. The number of rotatable bonds is 7. The molecule has 0 saturated carbocycles. The molecule has 0 amide bonds. The van der Waals surface area contributed by atoms with Crippen LogP contribution in [-0.2, 0) is 4.74 Å². The largest absolute Gasteiger partial charge is 0.394 e. The lowest BCUT2D eigenvalue weighted by Crippen LogP contribution is -2.66. The Bertz CT molecular complexity index is 290. The van der Waals surface area contributed by atoms with Gasteiger partial charge >= 0.3 is 0 Å². The number of aliphatic hydroxyl groups excluding tert-OH is 4. The number of unbranched alkanes of at least 4 members (excludes halogenated alkanes) is 2. The molecule has 0 aliphatic carbocycles. The first kappa shape index (κ1) is 17.8. The van der Waals surface area contributed by atoms with Crippen molar-refractivity contribution in [3.8, 4) is 0 Å². The molecule has 0 aromatic rings. The number of aliphatic hydroxyl groups is 5. The Balaban J connectivity index is 2.64. The van der Waals surface area contributed by atoms with Crippen molar-refractivity contribution in [2.45, 2.75) is 75.3 Å². The van der Waals surface area contributed by atoms with Crippen molar-refractivity contribution >= 4 is 0 Å². The summed E-state index contributed by atoms with van der Waals surface area (Å²) in [6.45, 7) is 1.50. The molecule has 1 heterocycles. The highest BCUT2D eigenvalue weighted by molar-refractivity contribution is 4.97. The van der Waals surface area contributed by atoms with E-state index < -0.39 is 42.9 Å². The van der Waals surface area contributed by atoms with E-state index in [4.69, 9.17) is 15.6 Å². The highest BCUT2D eigenvalue weighted by Crippen LogP contribution is 2.32. The summed E-state index contributed by atoms with van der Waals surface area (Å²) < 4.78 is 5.16. The van der Waals surface area contributed by atoms with Gasteiger partial charge in [0.2, 0.25) is 0 Å². The topological polar surface area (TPSA) is 136 Å². The van der Waals surface area contributed by atoms with E-state index >= 15 is 0 Å². The maximum absolute atomic E-state index is 10.3. The van der Waals surface area contributed by atoms with Crippen LogP contribution in [0.15, 0.2) is 0 Å². The van der Waals surface area contributed by atoms with Gasteiger partial charge in [-0.2, -0.15) is 0 Å². The van der Waals surface area contributed by atoms with Crippen molar-refractivity contribution < 1.29 is 30.3 Å². The van der Waals surface area contributed by atoms with Crippen molar-refractivity contribution in [3.63, 3.8) is 0 Å². The molecule has 7 N–H and O–H groups in total. The molecule has 0 aromatic heterocycles. The summed E-state index contributed by atoms with van der Waals surface area (Å²) in [6, 6.07) is -0.400. The minimum Gasteiger partial charge on any atom is -0.394 e. The van der Waals surface area contributed by atoms with E-state index in [9.17, 15) is 20.4 Å². The average molecular weight is 293 g/mol.